The average molecular weight is 325 g/mol. The number of rotatable bonds is 7. The Morgan fingerprint density at radius 3 is 2.68 bits per heavy atom. The van der Waals surface area contributed by atoms with Crippen molar-refractivity contribution in [1.29, 1.82) is 0 Å². The largest absolute Gasteiger partial charge is 0.396 e. The third kappa shape index (κ3) is 4.89. The van der Waals surface area contributed by atoms with Crippen LogP contribution in [-0.4, -0.2) is 42.2 Å². The molecule has 22 heavy (non-hydrogen) atoms. The van der Waals surface area contributed by atoms with Gasteiger partial charge in [-0.3, -0.25) is 4.79 Å². The summed E-state index contributed by atoms with van der Waals surface area (Å²) in [4.78, 5) is 14.6. The predicted octanol–water partition coefficient (Wildman–Crippen LogP) is 3.54. The van der Waals surface area contributed by atoms with Gasteiger partial charge >= 0.3 is 0 Å². The van der Waals surface area contributed by atoms with E-state index in [-0.39, 0.29) is 12.5 Å². The zero-order valence-electron chi connectivity index (χ0n) is 13.0. The Balaban J connectivity index is 2.01. The Hall–Kier alpha value is -1.26. The number of halogens is 1. The van der Waals surface area contributed by atoms with Gasteiger partial charge in [-0.2, -0.15) is 0 Å². The summed E-state index contributed by atoms with van der Waals surface area (Å²) in [6.07, 6.45) is 6.13. The molecule has 4 nitrogen and oxygen atoms in total. The first-order valence-corrected chi connectivity index (χ1v) is 8.53. The molecule has 0 saturated carbocycles. The monoisotopic (exact) mass is 324 g/mol. The fourth-order valence-electron chi connectivity index (χ4n) is 2.75. The van der Waals surface area contributed by atoms with Crippen LogP contribution in [0.3, 0.4) is 0 Å². The maximum atomic E-state index is 12.7. The van der Waals surface area contributed by atoms with E-state index in [2.05, 4.69) is 5.32 Å². The van der Waals surface area contributed by atoms with Gasteiger partial charge in [-0.15, -0.1) is 0 Å². The van der Waals surface area contributed by atoms with Crippen molar-refractivity contribution in [2.75, 3.05) is 31.6 Å². The minimum absolute atomic E-state index is 0.0919. The quantitative estimate of drug-likeness (QED) is 0.754. The summed E-state index contributed by atoms with van der Waals surface area (Å²) in [5.74, 6) is 0.0919. The summed E-state index contributed by atoms with van der Waals surface area (Å²) in [7, 11) is 0. The molecule has 0 aliphatic carbocycles. The van der Waals surface area contributed by atoms with Crippen LogP contribution in [0.1, 0.15) is 48.9 Å². The van der Waals surface area contributed by atoms with Gasteiger partial charge in [0.05, 0.1) is 5.56 Å². The number of carbonyl (C=O) groups is 1. The van der Waals surface area contributed by atoms with Gasteiger partial charge in [0.1, 0.15) is 0 Å². The van der Waals surface area contributed by atoms with Gasteiger partial charge < -0.3 is 15.3 Å². The number of piperidine rings is 1. The van der Waals surface area contributed by atoms with Gasteiger partial charge in [0.15, 0.2) is 0 Å². The van der Waals surface area contributed by atoms with Crippen LogP contribution in [0.5, 0.6) is 0 Å². The molecule has 1 aromatic carbocycles. The molecule has 1 aromatic rings. The van der Waals surface area contributed by atoms with Crippen molar-refractivity contribution >= 4 is 23.2 Å². The first-order chi connectivity index (χ1) is 10.7. The Kier molecular flexibility index (Phi) is 7.00. The number of aliphatic hydroxyl groups is 1. The van der Waals surface area contributed by atoms with E-state index in [1.165, 1.54) is 6.42 Å². The topological polar surface area (TPSA) is 52.6 Å². The van der Waals surface area contributed by atoms with E-state index >= 15 is 0 Å². The van der Waals surface area contributed by atoms with Gasteiger partial charge in [0.2, 0.25) is 0 Å². The van der Waals surface area contributed by atoms with Gasteiger partial charge in [-0.25, -0.2) is 0 Å². The zero-order valence-corrected chi connectivity index (χ0v) is 13.7. The predicted molar refractivity (Wildman–Crippen MR) is 90.6 cm³/mol. The molecule has 1 heterocycles. The van der Waals surface area contributed by atoms with E-state index in [4.69, 9.17) is 16.7 Å². The maximum absolute atomic E-state index is 12.7. The molecule has 2 N–H and O–H groups in total. The number of nitrogens with one attached hydrogen (secondary N) is 1. The molecule has 1 aliphatic rings. The van der Waals surface area contributed by atoms with Gasteiger partial charge in [-0.05, 0) is 56.7 Å². The number of likely N-dealkylation sites (tertiary alicyclic amines) is 1. The number of benzene rings is 1. The van der Waals surface area contributed by atoms with Crippen molar-refractivity contribution < 1.29 is 9.90 Å². The molecule has 1 amide bonds. The molecule has 0 bridgehead atoms. The zero-order chi connectivity index (χ0) is 15.8. The summed E-state index contributed by atoms with van der Waals surface area (Å²) in [6, 6.07) is 5.41. The summed E-state index contributed by atoms with van der Waals surface area (Å²) in [5, 5.41) is 12.7. The Labute approximate surface area is 137 Å². The first kappa shape index (κ1) is 17.1. The lowest BCUT2D eigenvalue weighted by molar-refractivity contribution is 0.0725. The summed E-state index contributed by atoms with van der Waals surface area (Å²) >= 11 is 6.07. The second kappa shape index (κ2) is 9.01. The van der Waals surface area contributed by atoms with E-state index < -0.39 is 0 Å². The molecule has 0 aromatic heterocycles. The second-order valence-corrected chi connectivity index (χ2v) is 6.19. The van der Waals surface area contributed by atoms with E-state index in [1.807, 2.05) is 17.0 Å². The van der Waals surface area contributed by atoms with E-state index in [0.717, 1.165) is 57.4 Å². The molecule has 0 unspecified atom stereocenters. The van der Waals surface area contributed by atoms with Crippen molar-refractivity contribution in [3.05, 3.63) is 28.8 Å². The van der Waals surface area contributed by atoms with E-state index in [0.29, 0.717) is 10.6 Å². The number of amides is 1. The molecule has 1 saturated heterocycles. The van der Waals surface area contributed by atoms with Crippen LogP contribution in [0.15, 0.2) is 18.2 Å². The molecule has 1 fully saturated rings. The van der Waals surface area contributed by atoms with Crippen molar-refractivity contribution in [3.63, 3.8) is 0 Å². The van der Waals surface area contributed by atoms with Crippen LogP contribution in [0.2, 0.25) is 5.02 Å². The number of aliphatic hydroxyl groups excluding tert-OH is 1. The molecule has 0 atom stereocenters. The van der Waals surface area contributed by atoms with Crippen LogP contribution in [0.25, 0.3) is 0 Å². The summed E-state index contributed by atoms with van der Waals surface area (Å²) < 4.78 is 0. The lowest BCUT2D eigenvalue weighted by atomic mass is 10.1. The first-order valence-electron chi connectivity index (χ1n) is 8.16. The van der Waals surface area contributed by atoms with Crippen molar-refractivity contribution in [1.82, 2.24) is 4.90 Å². The highest BCUT2D eigenvalue weighted by molar-refractivity contribution is 6.31. The normalized spacial score (nSPS) is 14.9. The van der Waals surface area contributed by atoms with Crippen molar-refractivity contribution in [2.45, 2.75) is 38.5 Å². The average Bonchev–Trinajstić information content (AvgIpc) is 2.55. The Morgan fingerprint density at radius 1 is 1.18 bits per heavy atom. The van der Waals surface area contributed by atoms with Crippen LogP contribution < -0.4 is 5.32 Å². The molecule has 2 rings (SSSR count). The van der Waals surface area contributed by atoms with E-state index in [9.17, 15) is 4.79 Å². The summed E-state index contributed by atoms with van der Waals surface area (Å²) in [6.45, 7) is 2.70. The lowest BCUT2D eigenvalue weighted by Gasteiger charge is -2.27. The molecule has 0 radical (unpaired) electrons. The third-order valence-electron chi connectivity index (χ3n) is 4.01. The molecule has 0 spiro atoms. The van der Waals surface area contributed by atoms with Crippen LogP contribution in [0, 0.1) is 0 Å². The van der Waals surface area contributed by atoms with Crippen molar-refractivity contribution in [3.8, 4) is 0 Å². The molecule has 122 valence electrons. The van der Waals surface area contributed by atoms with Gasteiger partial charge in [0, 0.05) is 37.0 Å². The number of anilines is 1. The molecule has 5 heteroatoms. The smallest absolute Gasteiger partial charge is 0.255 e. The second-order valence-electron chi connectivity index (χ2n) is 5.75. The Bertz CT molecular complexity index is 488. The number of carbonyl (C=O) groups excluding carboxylic acids is 1. The number of nitrogens with zero attached hydrogens (tertiary/aromatic N) is 1. The fraction of sp³-hybridized carbons (Fsp3) is 0.588. The molecular formula is C17H25ClN2O2. The highest BCUT2D eigenvalue weighted by atomic mass is 35.5. The van der Waals surface area contributed by atoms with Crippen LogP contribution >= 0.6 is 11.6 Å². The molecular weight excluding hydrogens is 300 g/mol. The van der Waals surface area contributed by atoms with Crippen LogP contribution in [-0.2, 0) is 0 Å². The summed E-state index contributed by atoms with van der Waals surface area (Å²) in [5.41, 5.74) is 1.51. The van der Waals surface area contributed by atoms with Crippen LogP contribution in [0.4, 0.5) is 5.69 Å². The third-order valence-corrected chi connectivity index (χ3v) is 4.24. The number of unbranched alkanes of at least 4 members (excludes halogenated alkanes) is 2. The van der Waals surface area contributed by atoms with Crippen molar-refractivity contribution in [2.24, 2.45) is 0 Å². The SMILES string of the molecule is O=C(c1ccc(Cl)cc1NCCCCCO)N1CCCCC1. The minimum Gasteiger partial charge on any atom is -0.396 e. The molecule has 1 aliphatic heterocycles. The highest BCUT2D eigenvalue weighted by Gasteiger charge is 2.20. The number of hydrogen-bond acceptors (Lipinski definition) is 3. The lowest BCUT2D eigenvalue weighted by Crippen LogP contribution is -2.36. The van der Waals surface area contributed by atoms with Gasteiger partial charge in [0.25, 0.3) is 5.91 Å². The fourth-order valence-corrected chi connectivity index (χ4v) is 2.93. The standard InChI is InChI=1S/C17H25ClN2O2/c18-14-7-8-15(17(22)20-10-4-2-5-11-20)16(13-14)19-9-3-1-6-12-21/h7-8,13,19,21H,1-6,9-12H2. The minimum atomic E-state index is 0.0919. The number of hydrogen-bond donors (Lipinski definition) is 2. The highest BCUT2D eigenvalue weighted by Crippen LogP contribution is 2.24. The van der Waals surface area contributed by atoms with E-state index in [1.54, 1.807) is 6.07 Å². The maximum Gasteiger partial charge on any atom is 0.255 e. The van der Waals surface area contributed by atoms with Gasteiger partial charge in [-0.1, -0.05) is 11.6 Å². The Morgan fingerprint density at radius 2 is 1.95 bits per heavy atom.